The van der Waals surface area contributed by atoms with Crippen molar-refractivity contribution in [3.8, 4) is 0 Å². The number of hydrogen-bond acceptors (Lipinski definition) is 5. The number of nitrogens with zero attached hydrogens (tertiary/aromatic N) is 3. The Hall–Kier alpha value is -1.01. The molecule has 0 fully saturated rings. The summed E-state index contributed by atoms with van der Waals surface area (Å²) >= 11 is 5.32. The molecule has 1 N–H and O–H groups in total. The van der Waals surface area contributed by atoms with E-state index < -0.39 is 16.8 Å². The largest absolute Gasteiger partial charge is 0.414 e. The van der Waals surface area contributed by atoms with E-state index in [-0.39, 0.29) is 12.3 Å². The van der Waals surface area contributed by atoms with Gasteiger partial charge in [-0.1, -0.05) is 0 Å². The van der Waals surface area contributed by atoms with Crippen molar-refractivity contribution in [1.29, 1.82) is 0 Å². The van der Waals surface area contributed by atoms with Crippen LogP contribution in [0.5, 0.6) is 0 Å². The zero-order valence-corrected chi connectivity index (χ0v) is 7.39. The van der Waals surface area contributed by atoms with Gasteiger partial charge in [-0.3, -0.25) is 10.1 Å². The van der Waals surface area contributed by atoms with E-state index in [9.17, 15) is 10.1 Å². The summed E-state index contributed by atoms with van der Waals surface area (Å²) in [5, 5.41) is 19.7. The molecule has 72 valence electrons. The standard InChI is InChI=1S/C6H8ClN3O3/c7-4-5(11)3-6(10(12)13)8-1-2-9-6/h1-2,5,11H,3-4H2. The van der Waals surface area contributed by atoms with Gasteiger partial charge >= 0.3 is 5.79 Å². The summed E-state index contributed by atoms with van der Waals surface area (Å²) in [7, 11) is 0. The lowest BCUT2D eigenvalue weighted by Gasteiger charge is -2.15. The van der Waals surface area contributed by atoms with Gasteiger partial charge in [-0.05, 0) is 0 Å². The number of rotatable bonds is 4. The first-order valence-corrected chi connectivity index (χ1v) is 4.12. The zero-order chi connectivity index (χ0) is 9.90. The van der Waals surface area contributed by atoms with Crippen LogP contribution in [-0.4, -0.2) is 40.2 Å². The molecule has 0 saturated heterocycles. The Kier molecular flexibility index (Phi) is 2.94. The lowest BCUT2D eigenvalue weighted by atomic mass is 10.2. The van der Waals surface area contributed by atoms with Gasteiger partial charge < -0.3 is 5.11 Å². The van der Waals surface area contributed by atoms with Crippen molar-refractivity contribution in [2.75, 3.05) is 5.88 Å². The highest BCUT2D eigenvalue weighted by atomic mass is 35.5. The lowest BCUT2D eigenvalue weighted by Crippen LogP contribution is -2.37. The minimum absolute atomic E-state index is 0.0688. The van der Waals surface area contributed by atoms with Gasteiger partial charge in [0.15, 0.2) is 0 Å². The quantitative estimate of drug-likeness (QED) is 0.400. The molecular formula is C6H8ClN3O3. The Morgan fingerprint density at radius 2 is 2.15 bits per heavy atom. The molecule has 1 heterocycles. The molecule has 0 aliphatic carbocycles. The molecule has 0 aromatic rings. The summed E-state index contributed by atoms with van der Waals surface area (Å²) in [4.78, 5) is 17.1. The maximum atomic E-state index is 10.6. The Morgan fingerprint density at radius 1 is 1.62 bits per heavy atom. The molecule has 6 nitrogen and oxygen atoms in total. The minimum Gasteiger partial charge on any atom is -0.391 e. The van der Waals surface area contributed by atoms with E-state index in [1.807, 2.05) is 0 Å². The van der Waals surface area contributed by atoms with Crippen molar-refractivity contribution >= 4 is 24.0 Å². The van der Waals surface area contributed by atoms with Crippen LogP contribution in [0.3, 0.4) is 0 Å². The van der Waals surface area contributed by atoms with Crippen LogP contribution in [0.15, 0.2) is 9.98 Å². The highest BCUT2D eigenvalue weighted by molar-refractivity contribution is 6.18. The summed E-state index contributed by atoms with van der Waals surface area (Å²) < 4.78 is 0. The van der Waals surface area contributed by atoms with Crippen LogP contribution >= 0.6 is 11.6 Å². The predicted octanol–water partition coefficient (Wildman–Crippen LogP) is 0.0619. The monoisotopic (exact) mass is 205 g/mol. The van der Waals surface area contributed by atoms with Crippen LogP contribution in [0.1, 0.15) is 6.42 Å². The highest BCUT2D eigenvalue weighted by Crippen LogP contribution is 2.23. The third kappa shape index (κ3) is 2.02. The average Bonchev–Trinajstić information content (AvgIpc) is 2.54. The van der Waals surface area contributed by atoms with Crippen molar-refractivity contribution in [3.05, 3.63) is 10.1 Å². The molecule has 0 saturated carbocycles. The topological polar surface area (TPSA) is 88.1 Å². The van der Waals surface area contributed by atoms with Crippen molar-refractivity contribution in [1.82, 2.24) is 0 Å². The minimum atomic E-state index is -1.76. The average molecular weight is 206 g/mol. The predicted molar refractivity (Wildman–Crippen MR) is 48.1 cm³/mol. The first-order chi connectivity index (χ1) is 6.10. The summed E-state index contributed by atoms with van der Waals surface area (Å²) in [5.74, 6) is -1.82. The van der Waals surface area contributed by atoms with E-state index in [4.69, 9.17) is 16.7 Å². The van der Waals surface area contributed by atoms with E-state index in [1.165, 1.54) is 12.4 Å². The fourth-order valence-corrected chi connectivity index (χ4v) is 1.09. The normalized spacial score (nSPS) is 20.5. The van der Waals surface area contributed by atoms with Crippen LogP contribution in [-0.2, 0) is 0 Å². The van der Waals surface area contributed by atoms with Gasteiger partial charge in [0.05, 0.1) is 17.4 Å². The maximum absolute atomic E-state index is 10.6. The van der Waals surface area contributed by atoms with Gasteiger partial charge in [-0.15, -0.1) is 11.6 Å². The van der Waals surface area contributed by atoms with Crippen molar-refractivity contribution in [2.24, 2.45) is 9.98 Å². The number of hydrogen-bond donors (Lipinski definition) is 1. The van der Waals surface area contributed by atoms with Gasteiger partial charge in [0, 0.05) is 18.3 Å². The number of alkyl halides is 1. The SMILES string of the molecule is O=[N+]([O-])C1(CC(O)CCl)N=CC=N1. The molecule has 0 amide bonds. The van der Waals surface area contributed by atoms with Gasteiger partial charge in [0.1, 0.15) is 0 Å². The van der Waals surface area contributed by atoms with E-state index in [2.05, 4.69) is 9.98 Å². The number of aliphatic imine (C=N–C) groups is 2. The molecule has 13 heavy (non-hydrogen) atoms. The second kappa shape index (κ2) is 3.80. The molecule has 0 spiro atoms. The summed E-state index contributed by atoms with van der Waals surface area (Å²) in [6.45, 7) is 0. The van der Waals surface area contributed by atoms with Crippen LogP contribution in [0.25, 0.3) is 0 Å². The van der Waals surface area contributed by atoms with E-state index in [1.54, 1.807) is 0 Å². The summed E-state index contributed by atoms with van der Waals surface area (Å²) in [5.41, 5.74) is 0. The second-order valence-corrected chi connectivity index (χ2v) is 2.91. The van der Waals surface area contributed by atoms with Gasteiger partial charge in [0.25, 0.3) is 0 Å². The second-order valence-electron chi connectivity index (χ2n) is 2.60. The molecule has 7 heteroatoms. The molecular weight excluding hydrogens is 198 g/mol. The summed E-state index contributed by atoms with van der Waals surface area (Å²) in [6.07, 6.45) is 1.31. The Bertz CT molecular complexity index is 254. The lowest BCUT2D eigenvalue weighted by molar-refractivity contribution is -0.567. The van der Waals surface area contributed by atoms with Crippen LogP contribution in [0.2, 0.25) is 0 Å². The molecule has 1 rings (SSSR count). The Morgan fingerprint density at radius 3 is 2.54 bits per heavy atom. The molecule has 0 aromatic carbocycles. The van der Waals surface area contributed by atoms with E-state index in [0.29, 0.717) is 0 Å². The number of halogens is 1. The fourth-order valence-electron chi connectivity index (χ4n) is 0.984. The highest BCUT2D eigenvalue weighted by Gasteiger charge is 2.44. The fraction of sp³-hybridized carbons (Fsp3) is 0.667. The smallest absolute Gasteiger partial charge is 0.391 e. The van der Waals surface area contributed by atoms with E-state index in [0.717, 1.165) is 0 Å². The first kappa shape index (κ1) is 10.1. The zero-order valence-electron chi connectivity index (χ0n) is 6.63. The third-order valence-electron chi connectivity index (χ3n) is 1.61. The molecule has 0 radical (unpaired) electrons. The molecule has 0 bridgehead atoms. The van der Waals surface area contributed by atoms with Gasteiger partial charge in [0.2, 0.25) is 0 Å². The molecule has 1 unspecified atom stereocenters. The van der Waals surface area contributed by atoms with Crippen molar-refractivity contribution < 1.29 is 10.0 Å². The first-order valence-electron chi connectivity index (χ1n) is 3.58. The van der Waals surface area contributed by atoms with E-state index >= 15 is 0 Å². The molecule has 1 atom stereocenters. The van der Waals surface area contributed by atoms with Crippen LogP contribution in [0.4, 0.5) is 0 Å². The third-order valence-corrected chi connectivity index (χ3v) is 1.97. The summed E-state index contributed by atoms with van der Waals surface area (Å²) in [6, 6.07) is 0. The molecule has 1 aliphatic heterocycles. The number of aliphatic hydroxyl groups excluding tert-OH is 1. The van der Waals surface area contributed by atoms with Gasteiger partial charge in [-0.2, -0.15) is 9.98 Å². The maximum Gasteiger partial charge on any atom is 0.414 e. The Balaban J connectivity index is 2.75. The van der Waals surface area contributed by atoms with Crippen molar-refractivity contribution in [2.45, 2.75) is 18.3 Å². The molecule has 0 aromatic heterocycles. The molecule has 1 aliphatic rings. The Labute approximate surface area is 79.1 Å². The number of nitro groups is 1. The van der Waals surface area contributed by atoms with Gasteiger partial charge in [-0.25, -0.2) is 0 Å². The van der Waals surface area contributed by atoms with Crippen LogP contribution < -0.4 is 0 Å². The van der Waals surface area contributed by atoms with Crippen molar-refractivity contribution in [3.63, 3.8) is 0 Å². The number of aliphatic hydroxyl groups is 1. The van der Waals surface area contributed by atoms with Crippen LogP contribution in [0, 0.1) is 10.1 Å².